The van der Waals surface area contributed by atoms with Crippen molar-refractivity contribution in [3.8, 4) is 0 Å². The molecule has 2 amide bonds. The predicted molar refractivity (Wildman–Crippen MR) is 74.9 cm³/mol. The van der Waals surface area contributed by atoms with E-state index in [1.807, 2.05) is 30.3 Å². The largest absolute Gasteiger partial charge is 0.333 e. The number of likely N-dealkylation sites (tertiary alicyclic amines) is 1. The van der Waals surface area contributed by atoms with Crippen LogP contribution in [0.4, 0.5) is 5.69 Å². The SMILES string of the molecule is CN(C(=O)CN1CCCCCC1=O)c1ccccc1. The number of nitrogens with zero attached hydrogens (tertiary/aromatic N) is 2. The van der Waals surface area contributed by atoms with Gasteiger partial charge in [0.2, 0.25) is 11.8 Å². The van der Waals surface area contributed by atoms with Crippen molar-refractivity contribution in [1.29, 1.82) is 0 Å². The predicted octanol–water partition coefficient (Wildman–Crippen LogP) is 2.05. The maximum atomic E-state index is 12.2. The summed E-state index contributed by atoms with van der Waals surface area (Å²) in [6.07, 6.45) is 3.58. The molecule has 1 fully saturated rings. The number of likely N-dealkylation sites (N-methyl/N-ethyl adjacent to an activating group) is 1. The van der Waals surface area contributed by atoms with E-state index in [4.69, 9.17) is 0 Å². The molecule has 0 atom stereocenters. The second kappa shape index (κ2) is 6.36. The summed E-state index contributed by atoms with van der Waals surface area (Å²) in [7, 11) is 1.75. The summed E-state index contributed by atoms with van der Waals surface area (Å²) < 4.78 is 0. The van der Waals surface area contributed by atoms with Crippen LogP contribution in [0.3, 0.4) is 0 Å². The standard InChI is InChI=1S/C15H20N2O2/c1-16(13-8-4-2-5-9-13)15(19)12-17-11-7-3-6-10-14(17)18/h2,4-5,8-9H,3,6-7,10-12H2,1H3. The van der Waals surface area contributed by atoms with E-state index < -0.39 is 0 Å². The molecule has 0 saturated carbocycles. The topological polar surface area (TPSA) is 40.6 Å². The van der Waals surface area contributed by atoms with Gasteiger partial charge in [0.15, 0.2) is 0 Å². The second-order valence-electron chi connectivity index (χ2n) is 4.91. The Balaban J connectivity index is 1.98. The highest BCUT2D eigenvalue weighted by Crippen LogP contribution is 2.14. The Morgan fingerprint density at radius 3 is 2.68 bits per heavy atom. The number of amides is 2. The molecule has 1 heterocycles. The van der Waals surface area contributed by atoms with Crippen LogP contribution in [0.2, 0.25) is 0 Å². The first-order valence-corrected chi connectivity index (χ1v) is 6.78. The molecule has 1 aromatic carbocycles. The molecule has 4 nitrogen and oxygen atoms in total. The fourth-order valence-electron chi connectivity index (χ4n) is 2.27. The Morgan fingerprint density at radius 1 is 1.21 bits per heavy atom. The lowest BCUT2D eigenvalue weighted by Gasteiger charge is -2.24. The van der Waals surface area contributed by atoms with Crippen molar-refractivity contribution >= 4 is 17.5 Å². The third kappa shape index (κ3) is 3.56. The highest BCUT2D eigenvalue weighted by Gasteiger charge is 2.21. The summed E-state index contributed by atoms with van der Waals surface area (Å²) in [6.45, 7) is 0.886. The first kappa shape index (κ1) is 13.6. The lowest BCUT2D eigenvalue weighted by Crippen LogP contribution is -2.41. The highest BCUT2D eigenvalue weighted by molar-refractivity contribution is 5.96. The van der Waals surface area contributed by atoms with Crippen LogP contribution in [0.5, 0.6) is 0 Å². The number of rotatable bonds is 3. The molecular weight excluding hydrogens is 240 g/mol. The number of hydrogen-bond donors (Lipinski definition) is 0. The van der Waals surface area contributed by atoms with E-state index in [9.17, 15) is 9.59 Å². The summed E-state index contributed by atoms with van der Waals surface area (Å²) in [5, 5.41) is 0. The first-order chi connectivity index (χ1) is 9.18. The molecule has 0 spiro atoms. The molecule has 0 radical (unpaired) electrons. The number of anilines is 1. The van der Waals surface area contributed by atoms with Gasteiger partial charge in [-0.25, -0.2) is 0 Å². The van der Waals surface area contributed by atoms with Gasteiger partial charge in [-0.3, -0.25) is 9.59 Å². The first-order valence-electron chi connectivity index (χ1n) is 6.78. The molecule has 0 aliphatic carbocycles. The van der Waals surface area contributed by atoms with Crippen LogP contribution in [-0.4, -0.2) is 36.9 Å². The van der Waals surface area contributed by atoms with Crippen LogP contribution in [0.15, 0.2) is 30.3 Å². The van der Waals surface area contributed by atoms with Crippen molar-refractivity contribution in [1.82, 2.24) is 4.90 Å². The van der Waals surface area contributed by atoms with Crippen LogP contribution >= 0.6 is 0 Å². The van der Waals surface area contributed by atoms with E-state index in [0.29, 0.717) is 13.0 Å². The van der Waals surface area contributed by atoms with Gasteiger partial charge in [0.25, 0.3) is 0 Å². The Morgan fingerprint density at radius 2 is 1.95 bits per heavy atom. The minimum Gasteiger partial charge on any atom is -0.333 e. The Bertz CT molecular complexity index is 445. The zero-order chi connectivity index (χ0) is 13.7. The molecule has 1 aliphatic heterocycles. The average Bonchev–Trinajstić information content (AvgIpc) is 2.64. The molecule has 4 heteroatoms. The van der Waals surface area contributed by atoms with E-state index in [1.54, 1.807) is 16.8 Å². The van der Waals surface area contributed by atoms with Gasteiger partial charge in [-0.15, -0.1) is 0 Å². The summed E-state index contributed by atoms with van der Waals surface area (Å²) in [5.41, 5.74) is 0.856. The minimum absolute atomic E-state index is 0.0403. The minimum atomic E-state index is -0.0403. The maximum absolute atomic E-state index is 12.2. The van der Waals surface area contributed by atoms with Crippen molar-refractivity contribution < 1.29 is 9.59 Å². The third-order valence-corrected chi connectivity index (χ3v) is 3.52. The normalized spacial score (nSPS) is 16.1. The van der Waals surface area contributed by atoms with E-state index in [2.05, 4.69) is 0 Å². The van der Waals surface area contributed by atoms with Gasteiger partial charge in [0, 0.05) is 25.7 Å². The number of para-hydroxylation sites is 1. The molecule has 1 aliphatic rings. The molecule has 0 aromatic heterocycles. The lowest BCUT2D eigenvalue weighted by atomic mass is 10.2. The number of hydrogen-bond acceptors (Lipinski definition) is 2. The van der Waals surface area contributed by atoms with Crippen LogP contribution in [-0.2, 0) is 9.59 Å². The van der Waals surface area contributed by atoms with Gasteiger partial charge in [-0.05, 0) is 25.0 Å². The monoisotopic (exact) mass is 260 g/mol. The third-order valence-electron chi connectivity index (χ3n) is 3.52. The quantitative estimate of drug-likeness (QED) is 0.834. The van der Waals surface area contributed by atoms with Gasteiger partial charge in [0.1, 0.15) is 6.54 Å². The van der Waals surface area contributed by atoms with Crippen molar-refractivity contribution in [2.45, 2.75) is 25.7 Å². The van der Waals surface area contributed by atoms with Crippen LogP contribution < -0.4 is 4.90 Å². The van der Waals surface area contributed by atoms with E-state index in [-0.39, 0.29) is 18.4 Å². The van der Waals surface area contributed by atoms with Crippen molar-refractivity contribution in [3.05, 3.63) is 30.3 Å². The molecule has 19 heavy (non-hydrogen) atoms. The summed E-state index contributed by atoms with van der Waals surface area (Å²) >= 11 is 0. The van der Waals surface area contributed by atoms with Gasteiger partial charge in [-0.1, -0.05) is 24.6 Å². The summed E-state index contributed by atoms with van der Waals surface area (Å²) in [6, 6.07) is 9.50. The van der Waals surface area contributed by atoms with Gasteiger partial charge < -0.3 is 9.80 Å². The number of carbonyl (C=O) groups excluding carboxylic acids is 2. The summed E-state index contributed by atoms with van der Waals surface area (Å²) in [5.74, 6) is 0.0637. The molecule has 2 rings (SSSR count). The van der Waals surface area contributed by atoms with Crippen LogP contribution in [0, 0.1) is 0 Å². The fraction of sp³-hybridized carbons (Fsp3) is 0.467. The lowest BCUT2D eigenvalue weighted by molar-refractivity contribution is -0.134. The molecular formula is C15H20N2O2. The number of benzene rings is 1. The zero-order valence-electron chi connectivity index (χ0n) is 11.3. The van der Waals surface area contributed by atoms with Gasteiger partial charge >= 0.3 is 0 Å². The van der Waals surface area contributed by atoms with Crippen LogP contribution in [0.25, 0.3) is 0 Å². The maximum Gasteiger partial charge on any atom is 0.246 e. The highest BCUT2D eigenvalue weighted by atomic mass is 16.2. The summed E-state index contributed by atoms with van der Waals surface area (Å²) in [4.78, 5) is 27.4. The molecule has 1 saturated heterocycles. The van der Waals surface area contributed by atoms with Gasteiger partial charge in [0.05, 0.1) is 0 Å². The number of carbonyl (C=O) groups is 2. The molecule has 102 valence electrons. The van der Waals surface area contributed by atoms with Crippen molar-refractivity contribution in [2.75, 3.05) is 25.0 Å². The molecule has 0 unspecified atom stereocenters. The molecule has 0 bridgehead atoms. The Labute approximate surface area is 114 Å². The van der Waals surface area contributed by atoms with E-state index in [1.165, 1.54) is 0 Å². The molecule has 0 N–H and O–H groups in total. The fourth-order valence-corrected chi connectivity index (χ4v) is 2.27. The average molecular weight is 260 g/mol. The van der Waals surface area contributed by atoms with Gasteiger partial charge in [-0.2, -0.15) is 0 Å². The van der Waals surface area contributed by atoms with Crippen molar-refractivity contribution in [3.63, 3.8) is 0 Å². The van der Waals surface area contributed by atoms with Crippen LogP contribution in [0.1, 0.15) is 25.7 Å². The van der Waals surface area contributed by atoms with Crippen molar-refractivity contribution in [2.24, 2.45) is 0 Å². The Kier molecular flexibility index (Phi) is 4.55. The zero-order valence-corrected chi connectivity index (χ0v) is 11.3. The Hall–Kier alpha value is -1.84. The molecule has 1 aromatic rings. The van der Waals surface area contributed by atoms with E-state index in [0.717, 1.165) is 24.9 Å². The smallest absolute Gasteiger partial charge is 0.246 e. The second-order valence-corrected chi connectivity index (χ2v) is 4.91. The van der Waals surface area contributed by atoms with E-state index >= 15 is 0 Å².